The normalized spacial score (nSPS) is 54.4. The minimum Gasteiger partial charge on any atom is -0.386 e. The molecular weight excluding hydrogens is 566 g/mol. The van der Waals surface area contributed by atoms with Crippen LogP contribution in [0.1, 0.15) is 110 Å². The van der Waals surface area contributed by atoms with Gasteiger partial charge in [0.25, 0.3) is 0 Å². The highest BCUT2D eigenvalue weighted by Crippen LogP contribution is 2.78. The van der Waals surface area contributed by atoms with Crippen LogP contribution >= 0.6 is 0 Å². The van der Waals surface area contributed by atoms with E-state index in [-0.39, 0.29) is 61.3 Å². The molecule has 9 unspecified atom stereocenters. The lowest BCUT2D eigenvalue weighted by atomic mass is 9.40. The molecule has 4 aliphatic heterocycles. The van der Waals surface area contributed by atoms with E-state index in [1.807, 2.05) is 0 Å². The molecule has 9 aliphatic rings. The summed E-state index contributed by atoms with van der Waals surface area (Å²) in [7, 11) is 0. The molecule has 0 bridgehead atoms. The van der Waals surface area contributed by atoms with Crippen molar-refractivity contribution in [1.82, 2.24) is 4.98 Å². The van der Waals surface area contributed by atoms with E-state index in [4.69, 9.17) is 18.9 Å². The van der Waals surface area contributed by atoms with Gasteiger partial charge in [0.15, 0.2) is 5.60 Å². The second kappa shape index (κ2) is 7.45. The molecular formula is C38H49NO6. The lowest BCUT2D eigenvalue weighted by Gasteiger charge is -2.68. The van der Waals surface area contributed by atoms with E-state index in [1.165, 1.54) is 22.2 Å². The quantitative estimate of drug-likeness (QED) is 0.253. The highest BCUT2D eigenvalue weighted by atomic mass is 16.7. The van der Waals surface area contributed by atoms with Gasteiger partial charge in [0.05, 0.1) is 23.4 Å². The fourth-order valence-electron chi connectivity index (χ4n) is 13.5. The van der Waals surface area contributed by atoms with Crippen LogP contribution in [-0.2, 0) is 36.4 Å². The Hall–Kier alpha value is -1.74. The number of ether oxygens (including phenoxy) is 4. The van der Waals surface area contributed by atoms with Crippen LogP contribution in [-0.4, -0.2) is 62.0 Å². The zero-order valence-electron chi connectivity index (χ0n) is 26.8. The SMILES string of the molecule is C.C=C1Cc2ccc3[nH]c4c5c3c2C2(O)C1CC2C(C)(C)OC5[C@@H]1CC[C@@]2(O)C35OC3C3OC(C)(C)C3OC5CC[C@]2(C)[C@@]41C. The third kappa shape index (κ3) is 2.51. The smallest absolute Gasteiger partial charge is 0.152 e. The van der Waals surface area contributed by atoms with Crippen molar-refractivity contribution in [2.45, 2.75) is 151 Å². The second-order valence-electron chi connectivity index (χ2n) is 17.7. The van der Waals surface area contributed by atoms with Crippen LogP contribution in [0.3, 0.4) is 0 Å². The summed E-state index contributed by atoms with van der Waals surface area (Å²) in [5, 5.41) is 27.2. The van der Waals surface area contributed by atoms with Crippen LogP contribution in [0.15, 0.2) is 24.3 Å². The van der Waals surface area contributed by atoms with E-state index < -0.39 is 33.2 Å². The Morgan fingerprint density at radius 1 is 0.933 bits per heavy atom. The van der Waals surface area contributed by atoms with E-state index in [2.05, 4.69) is 65.2 Å². The molecule has 3 N–H and O–H groups in total. The predicted octanol–water partition coefficient (Wildman–Crippen LogP) is 5.88. The van der Waals surface area contributed by atoms with Crippen LogP contribution in [0.5, 0.6) is 0 Å². The summed E-state index contributed by atoms with van der Waals surface area (Å²) in [5.41, 5.74) is 2.41. The maximum atomic E-state index is 13.3. The molecule has 3 saturated carbocycles. The Morgan fingerprint density at radius 3 is 2.47 bits per heavy atom. The number of aromatic nitrogens is 1. The standard InChI is InChI=1S/C37H45NO6.CH4/c1-16-14-17-8-9-20-23-24-26(42-31(2,3)21-15-19(16)36(21,40)25(17)23)18-10-13-35(39)33(6,34(18,7)28(24)38-20)12-11-22-37(35)30(44-37)27-29(41-22)32(4,5)43-27;/h8-9,18-19,21-22,26-27,29-30,38-40H,1,10-15H2,2-7H3;1H4/t18-,19?,21?,22?,26?,27?,29?,30?,33+,34+,35-,36?,37?;/m0./s1. The van der Waals surface area contributed by atoms with E-state index >= 15 is 0 Å². The molecule has 0 amide bonds. The predicted molar refractivity (Wildman–Crippen MR) is 169 cm³/mol. The van der Waals surface area contributed by atoms with Gasteiger partial charge in [-0.05, 0) is 83.4 Å². The largest absolute Gasteiger partial charge is 0.386 e. The fraction of sp³-hybridized carbons (Fsp3) is 0.737. The van der Waals surface area contributed by atoms with Crippen molar-refractivity contribution in [2.75, 3.05) is 0 Å². The number of epoxide rings is 1. The summed E-state index contributed by atoms with van der Waals surface area (Å²) in [6.07, 6.45) is 4.40. The second-order valence-corrected chi connectivity index (χ2v) is 17.7. The number of hydrogen-bond acceptors (Lipinski definition) is 6. The average molecular weight is 616 g/mol. The van der Waals surface area contributed by atoms with Crippen molar-refractivity contribution in [1.29, 1.82) is 0 Å². The first-order valence-corrected chi connectivity index (χ1v) is 17.1. The maximum absolute atomic E-state index is 13.3. The molecule has 7 nitrogen and oxygen atoms in total. The van der Waals surface area contributed by atoms with E-state index in [0.717, 1.165) is 48.8 Å². The van der Waals surface area contributed by atoms with Gasteiger partial charge < -0.3 is 34.1 Å². The summed E-state index contributed by atoms with van der Waals surface area (Å²) in [6, 6.07) is 4.42. The molecule has 242 valence electrons. The van der Waals surface area contributed by atoms with Crippen molar-refractivity contribution in [3.05, 3.63) is 46.7 Å². The van der Waals surface area contributed by atoms with E-state index in [0.29, 0.717) is 6.42 Å². The Kier molecular flexibility index (Phi) is 4.68. The molecule has 45 heavy (non-hydrogen) atoms. The first kappa shape index (κ1) is 28.3. The third-order valence-electron chi connectivity index (χ3n) is 15.7. The van der Waals surface area contributed by atoms with Gasteiger partial charge >= 0.3 is 0 Å². The molecule has 1 aromatic carbocycles. The molecule has 6 fully saturated rings. The number of fused-ring (bicyclic) bond motifs is 7. The highest BCUT2D eigenvalue weighted by Gasteiger charge is 2.88. The maximum Gasteiger partial charge on any atom is 0.152 e. The van der Waals surface area contributed by atoms with Crippen LogP contribution in [0.2, 0.25) is 0 Å². The lowest BCUT2D eigenvalue weighted by molar-refractivity contribution is -0.345. The summed E-state index contributed by atoms with van der Waals surface area (Å²) in [5.74, 6) is 0.241. The molecule has 2 aromatic rings. The molecule has 1 aromatic heterocycles. The summed E-state index contributed by atoms with van der Waals surface area (Å²) < 4.78 is 27.2. The molecule has 3 saturated heterocycles. The van der Waals surface area contributed by atoms with Crippen LogP contribution in [0, 0.1) is 23.2 Å². The van der Waals surface area contributed by atoms with Gasteiger partial charge in [-0.25, -0.2) is 0 Å². The van der Waals surface area contributed by atoms with Crippen LogP contribution < -0.4 is 0 Å². The van der Waals surface area contributed by atoms with Crippen LogP contribution in [0.4, 0.5) is 0 Å². The van der Waals surface area contributed by atoms with Gasteiger partial charge in [-0.1, -0.05) is 39.5 Å². The van der Waals surface area contributed by atoms with Gasteiger partial charge in [0.2, 0.25) is 0 Å². The molecule has 5 aliphatic carbocycles. The molecule has 11 rings (SSSR count). The number of H-pyrrole nitrogens is 1. The number of aliphatic hydroxyl groups is 2. The van der Waals surface area contributed by atoms with Crippen molar-refractivity contribution in [2.24, 2.45) is 23.2 Å². The number of rotatable bonds is 0. The minimum absolute atomic E-state index is 0. The number of nitrogens with one attached hydrogen (secondary N) is 1. The van der Waals surface area contributed by atoms with Crippen molar-refractivity contribution >= 4 is 10.9 Å². The van der Waals surface area contributed by atoms with E-state index in [1.54, 1.807) is 0 Å². The van der Waals surface area contributed by atoms with Crippen LogP contribution in [0.25, 0.3) is 10.9 Å². The van der Waals surface area contributed by atoms with Crippen molar-refractivity contribution in [3.8, 4) is 0 Å². The molecule has 7 heteroatoms. The first-order chi connectivity index (χ1) is 20.7. The first-order valence-electron chi connectivity index (χ1n) is 17.1. The van der Waals surface area contributed by atoms with Gasteiger partial charge in [0.1, 0.15) is 29.5 Å². The Labute approximate surface area is 266 Å². The molecule has 1 spiro atoms. The number of hydrogen-bond donors (Lipinski definition) is 3. The van der Waals surface area contributed by atoms with Gasteiger partial charge in [-0.2, -0.15) is 0 Å². The monoisotopic (exact) mass is 615 g/mol. The Morgan fingerprint density at radius 2 is 1.71 bits per heavy atom. The summed E-state index contributed by atoms with van der Waals surface area (Å²) in [6.45, 7) is 17.8. The summed E-state index contributed by atoms with van der Waals surface area (Å²) >= 11 is 0. The Bertz CT molecular complexity index is 1760. The molecule has 13 atom stereocenters. The molecule has 0 radical (unpaired) electrons. The topological polar surface area (TPSA) is 96.5 Å². The zero-order chi connectivity index (χ0) is 30.4. The Balaban J connectivity index is 0.00000265. The highest BCUT2D eigenvalue weighted by molar-refractivity contribution is 5.93. The lowest BCUT2D eigenvalue weighted by Crippen LogP contribution is -2.79. The zero-order valence-corrected chi connectivity index (χ0v) is 26.8. The van der Waals surface area contributed by atoms with E-state index in [9.17, 15) is 10.2 Å². The number of benzene rings is 1. The number of aromatic amines is 1. The average Bonchev–Trinajstić information content (AvgIpc) is 3.51. The third-order valence-corrected chi connectivity index (χ3v) is 15.7. The molecule has 5 heterocycles. The minimum atomic E-state index is -1.08. The van der Waals surface area contributed by atoms with Crippen molar-refractivity contribution < 1.29 is 29.2 Å². The van der Waals surface area contributed by atoms with Gasteiger partial charge in [-0.3, -0.25) is 0 Å². The van der Waals surface area contributed by atoms with Gasteiger partial charge in [-0.15, -0.1) is 0 Å². The van der Waals surface area contributed by atoms with Crippen molar-refractivity contribution in [3.63, 3.8) is 0 Å². The fourth-order valence-corrected chi connectivity index (χ4v) is 13.5. The summed E-state index contributed by atoms with van der Waals surface area (Å²) in [4.78, 5) is 3.95. The van der Waals surface area contributed by atoms with Gasteiger partial charge in [0, 0.05) is 50.7 Å².